The van der Waals surface area contributed by atoms with E-state index >= 15 is 0 Å². The van der Waals surface area contributed by atoms with Crippen LogP contribution < -0.4 is 10.1 Å². The SMILES string of the molecule is CCOc1ccccc1C(=O)Nc1cccc2ncccc12. The van der Waals surface area contributed by atoms with Crippen LogP contribution in [-0.2, 0) is 0 Å². The molecule has 0 spiro atoms. The Hall–Kier alpha value is -2.88. The molecule has 0 aliphatic rings. The number of carbonyl (C=O) groups is 1. The third kappa shape index (κ3) is 2.76. The van der Waals surface area contributed by atoms with Crippen LogP contribution in [0.1, 0.15) is 17.3 Å². The molecule has 1 aromatic heterocycles. The molecule has 22 heavy (non-hydrogen) atoms. The molecule has 3 rings (SSSR count). The zero-order chi connectivity index (χ0) is 15.4. The molecule has 1 heterocycles. The number of pyridine rings is 1. The van der Waals surface area contributed by atoms with Crippen LogP contribution in [0.2, 0.25) is 0 Å². The second-order valence-corrected chi connectivity index (χ2v) is 4.76. The number of hydrogen-bond donors (Lipinski definition) is 1. The summed E-state index contributed by atoms with van der Waals surface area (Å²) in [6, 6.07) is 16.7. The fourth-order valence-electron chi connectivity index (χ4n) is 2.34. The van der Waals surface area contributed by atoms with Gasteiger partial charge in [0.15, 0.2) is 0 Å². The summed E-state index contributed by atoms with van der Waals surface area (Å²) in [5.41, 5.74) is 2.10. The number of anilines is 1. The van der Waals surface area contributed by atoms with Crippen molar-refractivity contribution in [2.24, 2.45) is 0 Å². The number of fused-ring (bicyclic) bond motifs is 1. The van der Waals surface area contributed by atoms with Crippen molar-refractivity contribution in [2.45, 2.75) is 6.92 Å². The van der Waals surface area contributed by atoms with Gasteiger partial charge in [0.05, 0.1) is 23.4 Å². The minimum Gasteiger partial charge on any atom is -0.493 e. The summed E-state index contributed by atoms with van der Waals surface area (Å²) in [6.07, 6.45) is 1.73. The van der Waals surface area contributed by atoms with Crippen LogP contribution in [0.5, 0.6) is 5.75 Å². The molecule has 0 radical (unpaired) electrons. The normalized spacial score (nSPS) is 10.4. The van der Waals surface area contributed by atoms with Gasteiger partial charge in [-0.2, -0.15) is 0 Å². The monoisotopic (exact) mass is 292 g/mol. The van der Waals surface area contributed by atoms with E-state index in [-0.39, 0.29) is 5.91 Å². The molecule has 0 saturated heterocycles. The highest BCUT2D eigenvalue weighted by molar-refractivity contribution is 6.10. The molecular formula is C18H16N2O2. The number of nitrogens with zero attached hydrogens (tertiary/aromatic N) is 1. The lowest BCUT2D eigenvalue weighted by Crippen LogP contribution is -2.14. The van der Waals surface area contributed by atoms with Crippen LogP contribution in [0.3, 0.4) is 0 Å². The molecule has 1 N–H and O–H groups in total. The molecular weight excluding hydrogens is 276 g/mol. The summed E-state index contributed by atoms with van der Waals surface area (Å²) in [7, 11) is 0. The first-order chi connectivity index (χ1) is 10.8. The molecule has 0 saturated carbocycles. The first-order valence-corrected chi connectivity index (χ1v) is 7.16. The Labute approximate surface area is 128 Å². The Morgan fingerprint density at radius 3 is 2.82 bits per heavy atom. The molecule has 110 valence electrons. The smallest absolute Gasteiger partial charge is 0.259 e. The van der Waals surface area contributed by atoms with E-state index < -0.39 is 0 Å². The Morgan fingerprint density at radius 2 is 1.95 bits per heavy atom. The molecule has 3 aromatic rings. The van der Waals surface area contributed by atoms with Crippen LogP contribution in [-0.4, -0.2) is 17.5 Å². The topological polar surface area (TPSA) is 51.2 Å². The zero-order valence-corrected chi connectivity index (χ0v) is 12.2. The van der Waals surface area contributed by atoms with Gasteiger partial charge in [0.25, 0.3) is 5.91 Å². The Balaban J connectivity index is 1.94. The summed E-state index contributed by atoms with van der Waals surface area (Å²) >= 11 is 0. The van der Waals surface area contributed by atoms with Gasteiger partial charge < -0.3 is 10.1 Å². The van der Waals surface area contributed by atoms with Gasteiger partial charge in [0.2, 0.25) is 0 Å². The average molecular weight is 292 g/mol. The van der Waals surface area contributed by atoms with Gasteiger partial charge >= 0.3 is 0 Å². The minimum absolute atomic E-state index is 0.194. The van der Waals surface area contributed by atoms with Crippen LogP contribution in [0.25, 0.3) is 10.9 Å². The van der Waals surface area contributed by atoms with Crippen molar-refractivity contribution in [2.75, 3.05) is 11.9 Å². The van der Waals surface area contributed by atoms with E-state index in [1.807, 2.05) is 49.4 Å². The zero-order valence-electron chi connectivity index (χ0n) is 12.2. The maximum Gasteiger partial charge on any atom is 0.259 e. The molecule has 0 atom stereocenters. The quantitative estimate of drug-likeness (QED) is 0.793. The molecule has 0 aliphatic carbocycles. The first-order valence-electron chi connectivity index (χ1n) is 7.16. The number of benzene rings is 2. The summed E-state index contributed by atoms with van der Waals surface area (Å²) in [5.74, 6) is 0.390. The van der Waals surface area contributed by atoms with Crippen LogP contribution in [0.4, 0.5) is 5.69 Å². The Bertz CT molecular complexity index is 810. The van der Waals surface area contributed by atoms with E-state index in [0.717, 1.165) is 16.6 Å². The molecule has 4 nitrogen and oxygen atoms in total. The molecule has 2 aromatic carbocycles. The van der Waals surface area contributed by atoms with Gasteiger partial charge in [0, 0.05) is 11.6 Å². The van der Waals surface area contributed by atoms with E-state index in [0.29, 0.717) is 17.9 Å². The van der Waals surface area contributed by atoms with Crippen molar-refractivity contribution in [3.05, 3.63) is 66.4 Å². The van der Waals surface area contributed by atoms with Crippen LogP contribution in [0.15, 0.2) is 60.8 Å². The molecule has 4 heteroatoms. The number of amides is 1. The van der Waals surface area contributed by atoms with Crippen LogP contribution in [0, 0.1) is 0 Å². The highest BCUT2D eigenvalue weighted by Gasteiger charge is 2.13. The fraction of sp³-hybridized carbons (Fsp3) is 0.111. The Kier molecular flexibility index (Phi) is 4.01. The number of aromatic nitrogens is 1. The van der Waals surface area contributed by atoms with E-state index in [1.54, 1.807) is 18.3 Å². The lowest BCUT2D eigenvalue weighted by atomic mass is 10.1. The number of hydrogen-bond acceptors (Lipinski definition) is 3. The first kappa shape index (κ1) is 14.1. The van der Waals surface area contributed by atoms with Gasteiger partial charge in [-0.1, -0.05) is 18.2 Å². The van der Waals surface area contributed by atoms with E-state index in [1.165, 1.54) is 0 Å². The van der Waals surface area contributed by atoms with Gasteiger partial charge in [-0.05, 0) is 43.3 Å². The van der Waals surface area contributed by atoms with Crippen molar-refractivity contribution in [3.63, 3.8) is 0 Å². The number of carbonyl (C=O) groups excluding carboxylic acids is 1. The fourth-order valence-corrected chi connectivity index (χ4v) is 2.34. The number of rotatable bonds is 4. The summed E-state index contributed by atoms with van der Waals surface area (Å²) < 4.78 is 5.51. The standard InChI is InChI=1S/C18H16N2O2/c1-2-22-17-11-4-3-7-14(17)18(21)20-16-10-5-9-15-13(16)8-6-12-19-15/h3-12H,2H2,1H3,(H,20,21). The van der Waals surface area contributed by atoms with Gasteiger partial charge in [-0.25, -0.2) is 0 Å². The third-order valence-electron chi connectivity index (χ3n) is 3.33. The summed E-state index contributed by atoms with van der Waals surface area (Å²) in [4.78, 5) is 16.8. The highest BCUT2D eigenvalue weighted by Crippen LogP contribution is 2.24. The maximum atomic E-state index is 12.5. The predicted octanol–water partition coefficient (Wildman–Crippen LogP) is 3.89. The average Bonchev–Trinajstić information content (AvgIpc) is 2.56. The molecule has 0 aliphatic heterocycles. The van der Waals surface area contributed by atoms with E-state index in [4.69, 9.17) is 4.74 Å². The largest absolute Gasteiger partial charge is 0.493 e. The van der Waals surface area contributed by atoms with Crippen molar-refractivity contribution in [1.29, 1.82) is 0 Å². The van der Waals surface area contributed by atoms with Gasteiger partial charge in [-0.15, -0.1) is 0 Å². The number of ether oxygens (including phenoxy) is 1. The molecule has 0 bridgehead atoms. The lowest BCUT2D eigenvalue weighted by molar-refractivity contribution is 0.102. The summed E-state index contributed by atoms with van der Waals surface area (Å²) in [5, 5.41) is 3.85. The van der Waals surface area contributed by atoms with Crippen molar-refractivity contribution in [3.8, 4) is 5.75 Å². The van der Waals surface area contributed by atoms with Crippen molar-refractivity contribution < 1.29 is 9.53 Å². The number of para-hydroxylation sites is 1. The highest BCUT2D eigenvalue weighted by atomic mass is 16.5. The van der Waals surface area contributed by atoms with Crippen LogP contribution >= 0.6 is 0 Å². The van der Waals surface area contributed by atoms with Gasteiger partial charge in [-0.3, -0.25) is 9.78 Å². The third-order valence-corrected chi connectivity index (χ3v) is 3.33. The predicted molar refractivity (Wildman–Crippen MR) is 87.3 cm³/mol. The molecule has 0 unspecified atom stereocenters. The second-order valence-electron chi connectivity index (χ2n) is 4.76. The number of nitrogens with one attached hydrogen (secondary N) is 1. The maximum absolute atomic E-state index is 12.5. The van der Waals surface area contributed by atoms with Crippen molar-refractivity contribution >= 4 is 22.5 Å². The minimum atomic E-state index is -0.194. The van der Waals surface area contributed by atoms with Crippen molar-refractivity contribution in [1.82, 2.24) is 4.98 Å². The van der Waals surface area contributed by atoms with E-state index in [2.05, 4.69) is 10.3 Å². The van der Waals surface area contributed by atoms with E-state index in [9.17, 15) is 4.79 Å². The molecule has 0 fully saturated rings. The lowest BCUT2D eigenvalue weighted by Gasteiger charge is -2.11. The second kappa shape index (κ2) is 6.26. The van der Waals surface area contributed by atoms with Gasteiger partial charge in [0.1, 0.15) is 5.75 Å². The summed E-state index contributed by atoms with van der Waals surface area (Å²) in [6.45, 7) is 2.41. The molecule has 1 amide bonds. The Morgan fingerprint density at radius 1 is 1.09 bits per heavy atom.